The van der Waals surface area contributed by atoms with E-state index in [0.29, 0.717) is 24.2 Å². The van der Waals surface area contributed by atoms with Gasteiger partial charge in [0, 0.05) is 34.9 Å². The number of benzene rings is 3. The lowest BCUT2D eigenvalue weighted by atomic mass is 10.1. The molecule has 0 atom stereocenters. The van der Waals surface area contributed by atoms with E-state index >= 15 is 0 Å². The Labute approximate surface area is 184 Å². The van der Waals surface area contributed by atoms with E-state index in [1.807, 2.05) is 30.5 Å². The third kappa shape index (κ3) is 5.00. The minimum atomic E-state index is -0.515. The fourth-order valence-electron chi connectivity index (χ4n) is 3.35. The molecule has 0 aliphatic rings. The molecule has 0 aliphatic carbocycles. The Hall–Kier alpha value is -4.00. The van der Waals surface area contributed by atoms with Gasteiger partial charge >= 0.3 is 0 Å². The summed E-state index contributed by atoms with van der Waals surface area (Å²) in [6, 6.07) is 18.1. The van der Waals surface area contributed by atoms with Gasteiger partial charge in [0.05, 0.1) is 0 Å². The van der Waals surface area contributed by atoms with Crippen LogP contribution in [0.2, 0.25) is 0 Å². The number of hydrogen-bond donors (Lipinski definition) is 3. The number of hydrogen-bond acceptors (Lipinski definition) is 2. The molecule has 0 fully saturated rings. The van der Waals surface area contributed by atoms with Gasteiger partial charge in [0.2, 0.25) is 5.96 Å². The first-order chi connectivity index (χ1) is 15.5. The van der Waals surface area contributed by atoms with Crippen LogP contribution in [0, 0.1) is 18.6 Å². The molecule has 0 saturated carbocycles. The van der Waals surface area contributed by atoms with E-state index in [4.69, 9.17) is 0 Å². The molecule has 32 heavy (non-hydrogen) atoms. The van der Waals surface area contributed by atoms with E-state index in [0.717, 1.165) is 16.5 Å². The van der Waals surface area contributed by atoms with E-state index in [-0.39, 0.29) is 11.5 Å². The number of carbonyl (C=O) groups excluding carboxylic acids is 1. The summed E-state index contributed by atoms with van der Waals surface area (Å²) < 4.78 is 27.5. The molecule has 4 aromatic rings. The zero-order chi connectivity index (χ0) is 22.5. The largest absolute Gasteiger partial charge is 0.361 e. The number of aryl methyl sites for hydroxylation is 1. The normalized spacial score (nSPS) is 11.5. The molecular weight excluding hydrogens is 410 g/mol. The number of para-hydroxylation sites is 1. The molecule has 0 radical (unpaired) electrons. The monoisotopic (exact) mass is 432 g/mol. The standard InChI is InChI=1S/C25H22F2N4O/c1-16-9-10-17(13-22(16)27)24(32)31-25(30-20-6-4-5-19(26)14-20)28-12-11-18-15-29-23-8-3-2-7-21(18)23/h2-10,13-15,29H,11-12H2,1H3,(H2,28,30,31,32). The minimum absolute atomic E-state index is 0.154. The van der Waals surface area contributed by atoms with Crippen molar-refractivity contribution in [2.45, 2.75) is 13.3 Å². The number of carbonyl (C=O) groups is 1. The Morgan fingerprint density at radius 1 is 1.03 bits per heavy atom. The Morgan fingerprint density at radius 2 is 1.88 bits per heavy atom. The van der Waals surface area contributed by atoms with Crippen LogP contribution in [0.1, 0.15) is 21.5 Å². The zero-order valence-electron chi connectivity index (χ0n) is 17.5. The zero-order valence-corrected chi connectivity index (χ0v) is 17.5. The van der Waals surface area contributed by atoms with Crippen LogP contribution in [0.3, 0.4) is 0 Å². The number of guanidine groups is 1. The van der Waals surface area contributed by atoms with Crippen LogP contribution in [0.15, 0.2) is 77.9 Å². The van der Waals surface area contributed by atoms with Crippen LogP contribution in [-0.4, -0.2) is 23.4 Å². The van der Waals surface area contributed by atoms with E-state index in [1.54, 1.807) is 25.1 Å². The van der Waals surface area contributed by atoms with E-state index < -0.39 is 17.5 Å². The molecule has 1 aromatic heterocycles. The molecule has 3 aromatic carbocycles. The van der Waals surface area contributed by atoms with Crippen LogP contribution >= 0.6 is 0 Å². The summed E-state index contributed by atoms with van der Waals surface area (Å²) in [6.45, 7) is 2.00. The van der Waals surface area contributed by atoms with Gasteiger partial charge in [0.25, 0.3) is 5.91 Å². The van der Waals surface area contributed by atoms with Crippen molar-refractivity contribution >= 4 is 28.5 Å². The number of anilines is 1. The number of aliphatic imine (C=N–C) groups is 1. The van der Waals surface area contributed by atoms with Crippen molar-refractivity contribution in [2.75, 3.05) is 11.9 Å². The maximum Gasteiger partial charge on any atom is 0.258 e. The van der Waals surface area contributed by atoms with Crippen molar-refractivity contribution in [3.63, 3.8) is 0 Å². The van der Waals surface area contributed by atoms with E-state index in [1.165, 1.54) is 24.3 Å². The summed E-state index contributed by atoms with van der Waals surface area (Å²) in [7, 11) is 0. The first-order valence-corrected chi connectivity index (χ1v) is 10.2. The average Bonchev–Trinajstić information content (AvgIpc) is 3.19. The highest BCUT2D eigenvalue weighted by Crippen LogP contribution is 2.18. The van der Waals surface area contributed by atoms with E-state index in [9.17, 15) is 13.6 Å². The summed E-state index contributed by atoms with van der Waals surface area (Å²) in [5, 5.41) is 6.72. The molecule has 0 aliphatic heterocycles. The Kier molecular flexibility index (Phi) is 6.26. The molecule has 7 heteroatoms. The highest BCUT2D eigenvalue weighted by atomic mass is 19.1. The predicted molar refractivity (Wildman–Crippen MR) is 123 cm³/mol. The Morgan fingerprint density at radius 3 is 2.69 bits per heavy atom. The molecule has 0 unspecified atom stereocenters. The first kappa shape index (κ1) is 21.2. The fourth-order valence-corrected chi connectivity index (χ4v) is 3.35. The van der Waals surface area contributed by atoms with Crippen molar-refractivity contribution in [1.82, 2.24) is 10.3 Å². The van der Waals surface area contributed by atoms with Crippen LogP contribution in [0.4, 0.5) is 14.5 Å². The van der Waals surface area contributed by atoms with Gasteiger partial charge in [-0.15, -0.1) is 0 Å². The lowest BCUT2D eigenvalue weighted by molar-refractivity contribution is 0.0976. The highest BCUT2D eigenvalue weighted by molar-refractivity contribution is 6.10. The maximum absolute atomic E-state index is 13.9. The van der Waals surface area contributed by atoms with Crippen LogP contribution < -0.4 is 10.6 Å². The number of rotatable bonds is 5. The summed E-state index contributed by atoms with van der Waals surface area (Å²) in [5.74, 6) is -1.24. The molecule has 1 amide bonds. The molecule has 0 bridgehead atoms. The van der Waals surface area contributed by atoms with Crippen LogP contribution in [-0.2, 0) is 6.42 Å². The van der Waals surface area contributed by atoms with Crippen LogP contribution in [0.25, 0.3) is 10.9 Å². The quantitative estimate of drug-likeness (QED) is 0.300. The van der Waals surface area contributed by atoms with Crippen molar-refractivity contribution in [2.24, 2.45) is 4.99 Å². The third-order valence-corrected chi connectivity index (χ3v) is 5.08. The van der Waals surface area contributed by atoms with Crippen molar-refractivity contribution in [3.05, 3.63) is 101 Å². The van der Waals surface area contributed by atoms with Gasteiger partial charge in [-0.05, 0) is 60.9 Å². The maximum atomic E-state index is 13.9. The number of nitrogens with zero attached hydrogens (tertiary/aromatic N) is 1. The van der Waals surface area contributed by atoms with Crippen molar-refractivity contribution in [1.29, 1.82) is 0 Å². The van der Waals surface area contributed by atoms with Gasteiger partial charge in [0.1, 0.15) is 11.6 Å². The number of H-pyrrole nitrogens is 1. The van der Waals surface area contributed by atoms with Crippen molar-refractivity contribution in [3.8, 4) is 0 Å². The Bertz CT molecular complexity index is 1300. The lowest BCUT2D eigenvalue weighted by Crippen LogP contribution is -2.36. The van der Waals surface area contributed by atoms with Crippen molar-refractivity contribution < 1.29 is 13.6 Å². The second-order valence-electron chi connectivity index (χ2n) is 7.39. The first-order valence-electron chi connectivity index (χ1n) is 10.2. The predicted octanol–water partition coefficient (Wildman–Crippen LogP) is 5.20. The fraction of sp³-hybridized carbons (Fsp3) is 0.120. The second kappa shape index (κ2) is 9.43. The van der Waals surface area contributed by atoms with Gasteiger partial charge < -0.3 is 10.3 Å². The third-order valence-electron chi connectivity index (χ3n) is 5.08. The topological polar surface area (TPSA) is 69.3 Å². The van der Waals surface area contributed by atoms with E-state index in [2.05, 4.69) is 20.6 Å². The molecule has 0 spiro atoms. The number of aromatic nitrogens is 1. The number of halogens is 2. The number of fused-ring (bicyclic) bond motifs is 1. The molecular formula is C25H22F2N4O. The number of amides is 1. The van der Waals surface area contributed by atoms with Crippen LogP contribution in [0.5, 0.6) is 0 Å². The van der Waals surface area contributed by atoms with Gasteiger partial charge in [0.15, 0.2) is 0 Å². The van der Waals surface area contributed by atoms with Gasteiger partial charge in [-0.3, -0.25) is 15.1 Å². The SMILES string of the molecule is Cc1ccc(C(=O)NC(=NCCc2c[nH]c3ccccc23)Nc2cccc(F)c2)cc1F. The second-order valence-corrected chi connectivity index (χ2v) is 7.39. The number of nitrogens with one attached hydrogen (secondary N) is 3. The van der Waals surface area contributed by atoms with Gasteiger partial charge in [-0.2, -0.15) is 0 Å². The van der Waals surface area contributed by atoms with Gasteiger partial charge in [-0.25, -0.2) is 8.78 Å². The summed E-state index contributed by atoms with van der Waals surface area (Å²) in [4.78, 5) is 20.4. The lowest BCUT2D eigenvalue weighted by Gasteiger charge is -2.12. The molecule has 3 N–H and O–H groups in total. The molecule has 4 rings (SSSR count). The number of aromatic amines is 1. The summed E-state index contributed by atoms with van der Waals surface area (Å²) >= 11 is 0. The average molecular weight is 432 g/mol. The smallest absolute Gasteiger partial charge is 0.258 e. The molecule has 1 heterocycles. The summed E-state index contributed by atoms with van der Waals surface area (Å²) in [6.07, 6.45) is 2.57. The molecule has 162 valence electrons. The highest BCUT2D eigenvalue weighted by Gasteiger charge is 2.12. The van der Waals surface area contributed by atoms with Gasteiger partial charge in [-0.1, -0.05) is 30.3 Å². The Balaban J connectivity index is 1.53. The summed E-state index contributed by atoms with van der Waals surface area (Å²) in [5.41, 5.74) is 3.19. The molecule has 0 saturated heterocycles. The molecule has 5 nitrogen and oxygen atoms in total. The minimum Gasteiger partial charge on any atom is -0.361 e.